The Morgan fingerprint density at radius 1 is 0.378 bits per heavy atom. The number of carbonyl (C=O) groups is 3. The number of alkyl halides is 9. The lowest BCUT2D eigenvalue weighted by molar-refractivity contribution is -0.138. The molecule has 143 heavy (non-hydrogen) atoms. The molecular formula is C110H118F12N12O6S3. The van der Waals surface area contributed by atoms with E-state index in [4.69, 9.17) is 32.9 Å². The largest absolute Gasteiger partial charge is 0.416 e. The number of likely N-dealkylation sites (N-methyl/N-ethyl adjacent to an activating group) is 3. The van der Waals surface area contributed by atoms with Gasteiger partial charge in [-0.1, -0.05) is 229 Å². The molecule has 18 nitrogen and oxygen atoms in total. The predicted molar refractivity (Wildman–Crippen MR) is 539 cm³/mol. The predicted octanol–water partition coefficient (Wildman–Crippen LogP) is 22.2. The quantitative estimate of drug-likeness (QED) is 0.0202. The second kappa shape index (κ2) is 50.1. The van der Waals surface area contributed by atoms with Crippen molar-refractivity contribution in [3.8, 4) is 33.4 Å². The monoisotopic (exact) mass is 2050 g/mol. The SMILES string of the molecule is [2H]c1c([2H])c(CSc2nc(=O)c3c(n2CC(=O)N(CCN(CC)CC)Cc2c([2H])c([2H])c(-c4c([2H])c([2H])c(C(F)(F)F)c(C)c4[2H])c([2H])c2[2H])CCC3)c([2H])c([2H])c1F.[2H]c1c([2H])c(CSc2nc(=O)c3c(n2CC(=O)N(CCN(CC)CC)Cc2ccc(-c4ccc(C(F)(F)F)cc4)cc2)C([2H])([2H])C([2H])(C)C3([2H])[2H])c([2H])c([2H])c1F.[2H]c1c([2H])c(CSc2nc(=O)c3c(n2CC(=O)N(CCN(CC)CC)Cc2ccc(-c4ccc(C(F)(F)F)cc4)cc2)CCC3)c([2H])c([2H])c1F. The Morgan fingerprint density at radius 2 is 0.685 bits per heavy atom. The maximum absolute atomic E-state index is 14.5. The topological polar surface area (TPSA) is 175 Å². The second-order valence-corrected chi connectivity index (χ2v) is 36.3. The van der Waals surface area contributed by atoms with E-state index in [1.54, 1.807) is 45.9 Å². The molecule has 0 saturated heterocycles. The smallest absolute Gasteiger partial charge is 0.336 e. The minimum absolute atomic E-state index is 0.0143. The van der Waals surface area contributed by atoms with E-state index in [0.717, 1.165) is 90.4 Å². The first-order chi connectivity index (χ1) is 78.3. The van der Waals surface area contributed by atoms with Crippen LogP contribution in [0.15, 0.2) is 242 Å². The number of amides is 3. The summed E-state index contributed by atoms with van der Waals surface area (Å²) in [6, 6.07) is 8.80. The van der Waals surface area contributed by atoms with Crippen molar-refractivity contribution in [3.05, 3.63) is 350 Å². The molecule has 1 atom stereocenters. The number of nitrogens with zero attached hydrogens (tertiary/aromatic N) is 12. The highest BCUT2D eigenvalue weighted by molar-refractivity contribution is 7.98. The molecule has 3 amide bonds. The Morgan fingerprint density at radius 3 is 1.01 bits per heavy atom. The molecule has 0 saturated carbocycles. The average molecular weight is 2050 g/mol. The van der Waals surface area contributed by atoms with E-state index in [1.807, 2.05) is 58.6 Å². The summed E-state index contributed by atoms with van der Waals surface area (Å²) in [5.74, 6) is -8.74. The van der Waals surface area contributed by atoms with E-state index in [9.17, 15) is 81.5 Å². The van der Waals surface area contributed by atoms with Gasteiger partial charge in [-0.25, -0.2) is 13.2 Å². The highest BCUT2D eigenvalue weighted by Crippen LogP contribution is 2.39. The van der Waals surface area contributed by atoms with Crippen LogP contribution in [0.25, 0.3) is 33.4 Å². The van der Waals surface area contributed by atoms with Gasteiger partial charge in [0.15, 0.2) is 15.5 Å². The van der Waals surface area contributed by atoms with E-state index in [2.05, 4.69) is 24.8 Å². The second-order valence-electron chi connectivity index (χ2n) is 33.4. The Balaban J connectivity index is 0.000000206. The van der Waals surface area contributed by atoms with Crippen molar-refractivity contribution in [2.75, 3.05) is 78.5 Å². The van der Waals surface area contributed by atoms with Crippen LogP contribution in [0.4, 0.5) is 52.7 Å². The van der Waals surface area contributed by atoms with Crippen molar-refractivity contribution in [1.29, 1.82) is 0 Å². The Kier molecular flexibility index (Phi) is 27.8. The third-order valence-corrected chi connectivity index (χ3v) is 27.1. The average Bonchev–Trinajstić information content (AvgIpc) is 1.52. The van der Waals surface area contributed by atoms with E-state index >= 15 is 0 Å². The third-order valence-electron chi connectivity index (χ3n) is 24.1. The zero-order chi connectivity index (χ0) is 123. The molecule has 1 unspecified atom stereocenters. The van der Waals surface area contributed by atoms with Gasteiger partial charge in [0.05, 0.1) is 42.7 Å². The lowest BCUT2D eigenvalue weighted by Gasteiger charge is -2.28. The third kappa shape index (κ3) is 29.5. The van der Waals surface area contributed by atoms with Gasteiger partial charge in [0, 0.05) is 117 Å². The molecular weight excluding hydrogens is 1910 g/mol. The fourth-order valence-corrected chi connectivity index (χ4v) is 18.8. The molecule has 0 N–H and O–H groups in total. The fraction of sp³-hybridized carbons (Fsp3) is 0.373. The number of fused-ring (bicyclic) bond motifs is 3. The number of hydrogen-bond acceptors (Lipinski definition) is 15. The molecule has 12 aromatic rings. The van der Waals surface area contributed by atoms with E-state index in [1.165, 1.54) is 38.6 Å². The van der Waals surface area contributed by atoms with Crippen molar-refractivity contribution in [3.63, 3.8) is 0 Å². The molecule has 0 fully saturated rings. The van der Waals surface area contributed by atoms with Crippen molar-refractivity contribution in [2.45, 2.75) is 197 Å². The van der Waals surface area contributed by atoms with Gasteiger partial charge in [-0.2, -0.15) is 54.5 Å². The van der Waals surface area contributed by atoms with Crippen LogP contribution in [-0.4, -0.2) is 154 Å². The summed E-state index contributed by atoms with van der Waals surface area (Å²) in [6.07, 6.45) is -16.6. The number of benzene rings is 9. The lowest BCUT2D eigenvalue weighted by Crippen LogP contribution is -2.40. The van der Waals surface area contributed by atoms with Crippen LogP contribution in [0, 0.1) is 30.3 Å². The maximum atomic E-state index is 14.5. The van der Waals surface area contributed by atoms with E-state index in [0.29, 0.717) is 147 Å². The molecule has 3 aliphatic carbocycles. The number of aromatic nitrogens is 6. The van der Waals surface area contributed by atoms with E-state index < -0.39 is 268 Å². The summed E-state index contributed by atoms with van der Waals surface area (Å²) in [4.78, 5) is 106. The van der Waals surface area contributed by atoms with Gasteiger partial charge in [-0.3, -0.25) is 28.8 Å². The van der Waals surface area contributed by atoms with Gasteiger partial charge < -0.3 is 43.1 Å². The number of hydrogen-bond donors (Lipinski definition) is 0. The van der Waals surface area contributed by atoms with Crippen molar-refractivity contribution in [2.24, 2.45) is 5.89 Å². The van der Waals surface area contributed by atoms with Gasteiger partial charge >= 0.3 is 18.5 Å². The Bertz CT molecular complexity index is 7900. The normalized spacial score (nSPS) is 16.9. The molecule has 0 spiro atoms. The molecule has 9 aromatic carbocycles. The molecule has 3 heterocycles. The number of halogens is 12. The van der Waals surface area contributed by atoms with Crippen LogP contribution < -0.4 is 16.7 Å². The van der Waals surface area contributed by atoms with Crippen molar-refractivity contribution in [1.82, 2.24) is 58.1 Å². The molecule has 33 heteroatoms. The van der Waals surface area contributed by atoms with Crippen LogP contribution in [0.3, 0.4) is 0 Å². The summed E-state index contributed by atoms with van der Waals surface area (Å²) >= 11 is 2.50. The minimum Gasteiger partial charge on any atom is -0.336 e. The molecule has 0 bridgehead atoms. The fourth-order valence-electron chi connectivity index (χ4n) is 16.1. The van der Waals surface area contributed by atoms with Crippen molar-refractivity contribution < 1.29 is 100.0 Å². The summed E-state index contributed by atoms with van der Waals surface area (Å²) < 4.78 is 368. The highest BCUT2D eigenvalue weighted by Gasteiger charge is 2.36. The molecule has 3 aliphatic rings. The van der Waals surface area contributed by atoms with Gasteiger partial charge in [0.2, 0.25) is 17.7 Å². The van der Waals surface area contributed by atoms with Gasteiger partial charge in [-0.05, 0) is 242 Å². The Labute approximate surface area is 872 Å². The number of carbonyl (C=O) groups excluding carboxylic acids is 3. The summed E-state index contributed by atoms with van der Waals surface area (Å²) in [5, 5.41) is -0.115. The zero-order valence-corrected chi connectivity index (χ0v) is 81.9. The standard InChI is InChI=1S/2C37H40F4N4O2S.C36H38F4N4O2S/c1-4-43(5-2)18-19-44(22-26-6-10-28(11-7-26)29-12-14-30(15-13-29)37(39,40)41)34(46)23-45-33-21-25(3)20-32(33)35(47)42-36(45)48-24-27-8-16-31(38)17-9-27;1-4-43(5-2)19-20-44(22-26-9-13-28(14-10-26)29-15-18-32(25(3)21-29)37(39,40)41)34(46)23-45-33-8-6-7-31(33)35(47)42-36(45)48-24-27-11-16-30(38)17-12-27;1-3-42(4-2)20-21-43(22-25-8-12-27(13-9-25)28-14-16-29(17-15-28)36(38,39)40)33(45)23-44-32-7-5-6-31(32)34(46)41-35(44)47-24-26-10-18-30(37)19-11-26/h6-17,25H,4-5,18-24H2,1-3H3;9-18,21H,4-8,19-20,22-24H2,1-3H3;8-19H,3-7,20-24H2,1-2H3/i8D,9D,16D,17D,20D2,21D2,25D;9D,10D,11D,12D,13D,14D,15D,16D,17D,18D,21D;10D,11D,18D,19D. The molecule has 0 aliphatic heterocycles. The first-order valence-electron chi connectivity index (χ1n) is 58.1. The Hall–Kier alpha value is -11.9. The molecule has 0 radical (unpaired) electrons. The summed E-state index contributed by atoms with van der Waals surface area (Å²) in [7, 11) is 0. The van der Waals surface area contributed by atoms with Crippen LogP contribution >= 0.6 is 35.3 Å². The van der Waals surface area contributed by atoms with E-state index in [-0.39, 0.29) is 87.9 Å². The van der Waals surface area contributed by atoms with Crippen LogP contribution in [-0.2, 0) is 128 Å². The van der Waals surface area contributed by atoms with Crippen LogP contribution in [0.2, 0.25) is 0 Å². The zero-order valence-electron chi connectivity index (χ0n) is 103. The summed E-state index contributed by atoms with van der Waals surface area (Å²) in [5.41, 5.74) is -3.12. The number of thioether (sulfide) groups is 3. The summed E-state index contributed by atoms with van der Waals surface area (Å²) in [6.45, 7) is 18.3. The minimum atomic E-state index is -5.08. The molecule has 3 aromatic heterocycles. The van der Waals surface area contributed by atoms with Gasteiger partial charge in [-0.15, -0.1) is 0 Å². The first-order valence-corrected chi connectivity index (χ1v) is 49.1. The van der Waals surface area contributed by atoms with Crippen molar-refractivity contribution >= 4 is 53.0 Å². The van der Waals surface area contributed by atoms with Crippen LogP contribution in [0.1, 0.15) is 184 Å². The molecule has 15 rings (SSSR count). The van der Waals surface area contributed by atoms with Gasteiger partial charge in [0.25, 0.3) is 16.7 Å². The maximum Gasteiger partial charge on any atom is 0.416 e. The lowest BCUT2D eigenvalue weighted by atomic mass is 9.98. The van der Waals surface area contributed by atoms with Crippen LogP contribution in [0.5, 0.6) is 0 Å². The molecule has 756 valence electrons. The highest BCUT2D eigenvalue weighted by atomic mass is 32.2. The first kappa shape index (κ1) is 79.5. The van der Waals surface area contributed by atoms with Gasteiger partial charge in [0.1, 0.15) is 37.1 Å². The number of rotatable bonds is 39.